The number of carbonyl (C=O) groups is 4. The average molecular weight is 810 g/mol. The molecule has 6 aromatic rings. The largest absolute Gasteiger partial charge is 0.487 e. The quantitative estimate of drug-likeness (QED) is 0.188. The highest BCUT2D eigenvalue weighted by Gasteiger charge is 2.21. The molecule has 1 fully saturated rings. The Morgan fingerprint density at radius 1 is 0.600 bits per heavy atom. The number of aromatic nitrogens is 5. The van der Waals surface area contributed by atoms with Gasteiger partial charge in [0.15, 0.2) is 0 Å². The third-order valence-corrected chi connectivity index (χ3v) is 9.98. The van der Waals surface area contributed by atoms with E-state index in [-0.39, 0.29) is 23.6 Å². The number of carbonyl (C=O) groups excluding carboxylic acids is 4. The number of hydrogen-bond acceptors (Lipinski definition) is 10. The first kappa shape index (κ1) is 39.5. The maximum atomic E-state index is 12.7. The smallest absolute Gasteiger partial charge is 0.254 e. The molecule has 4 amide bonds. The molecule has 3 aromatic heterocycles. The Morgan fingerprint density at radius 2 is 1.13 bits per heavy atom. The summed E-state index contributed by atoms with van der Waals surface area (Å²) in [6.45, 7) is 8.73. The molecule has 3 aromatic carbocycles. The zero-order valence-corrected chi connectivity index (χ0v) is 33.4. The summed E-state index contributed by atoms with van der Waals surface area (Å²) in [6.07, 6.45) is 1.64. The Bertz CT molecular complexity index is 2590. The van der Waals surface area contributed by atoms with Crippen molar-refractivity contribution in [1.82, 2.24) is 29.4 Å². The number of fused-ring (bicyclic) bond motifs is 4. The molecule has 0 atom stereocenters. The number of hydrogen-bond donors (Lipinski definition) is 3. The van der Waals surface area contributed by atoms with Gasteiger partial charge in [0.25, 0.3) is 5.91 Å². The van der Waals surface area contributed by atoms with Gasteiger partial charge in [-0.25, -0.2) is 4.98 Å². The van der Waals surface area contributed by atoms with Crippen molar-refractivity contribution in [3.63, 3.8) is 0 Å². The molecule has 0 saturated carbocycles. The van der Waals surface area contributed by atoms with E-state index in [9.17, 15) is 19.2 Å². The van der Waals surface area contributed by atoms with Crippen molar-refractivity contribution in [2.45, 2.75) is 47.1 Å². The van der Waals surface area contributed by atoms with E-state index in [0.717, 1.165) is 56.5 Å². The molecule has 16 heteroatoms. The molecule has 0 unspecified atom stereocenters. The lowest BCUT2D eigenvalue weighted by molar-refractivity contribution is -0.115. The van der Waals surface area contributed by atoms with Crippen molar-refractivity contribution in [3.8, 4) is 34.0 Å². The predicted molar refractivity (Wildman–Crippen MR) is 223 cm³/mol. The van der Waals surface area contributed by atoms with Crippen molar-refractivity contribution < 1.29 is 33.4 Å². The number of pyridine rings is 1. The van der Waals surface area contributed by atoms with Gasteiger partial charge in [0.05, 0.1) is 49.1 Å². The Labute approximate surface area is 345 Å². The van der Waals surface area contributed by atoms with Gasteiger partial charge in [-0.1, -0.05) is 24.3 Å². The Hall–Kier alpha value is -7.33. The molecule has 3 N–H and O–H groups in total. The number of amides is 4. The molecule has 1 saturated heterocycles. The van der Waals surface area contributed by atoms with Gasteiger partial charge in [-0.3, -0.25) is 28.5 Å². The first-order valence-corrected chi connectivity index (χ1v) is 19.5. The molecular formula is C44H43N9O7. The highest BCUT2D eigenvalue weighted by atomic mass is 16.5. The van der Waals surface area contributed by atoms with Gasteiger partial charge in [-0.15, -0.1) is 0 Å². The molecule has 306 valence electrons. The summed E-state index contributed by atoms with van der Waals surface area (Å²) in [5.41, 5.74) is 9.40. The van der Waals surface area contributed by atoms with Crippen LogP contribution >= 0.6 is 0 Å². The summed E-state index contributed by atoms with van der Waals surface area (Å²) in [4.78, 5) is 52.4. The standard InChI is InChI=1S/C24H24N4O4.C20H19N5O3/c1-16(29)25-20-7-6-19-14-28-21(15-32-23(19)12-20)13-22(26-28)17-2-4-18(5-3-17)24(30)27-8-10-31-11-9-27;1-12(26)22-16-4-3-15-10-25-17(11-28-19(15)8-16)9-18(24-25)14-5-6-21-20(7-14)23-13(2)27/h2-7,12-13H,8-11,14-15H2,1H3,(H,25,29);3-9H,10-11H2,1-2H3,(H,22,26)(H,21,23,27). The van der Waals surface area contributed by atoms with Crippen molar-refractivity contribution >= 4 is 40.8 Å². The third kappa shape index (κ3) is 9.18. The van der Waals surface area contributed by atoms with Crippen molar-refractivity contribution in [3.05, 3.63) is 119 Å². The molecule has 16 nitrogen and oxygen atoms in total. The van der Waals surface area contributed by atoms with Crippen LogP contribution in [0.4, 0.5) is 17.2 Å². The molecule has 0 bridgehead atoms. The lowest BCUT2D eigenvalue weighted by Crippen LogP contribution is -2.40. The van der Waals surface area contributed by atoms with E-state index in [2.05, 4.69) is 20.9 Å². The van der Waals surface area contributed by atoms with E-state index in [1.165, 1.54) is 20.8 Å². The number of ether oxygens (including phenoxy) is 3. The van der Waals surface area contributed by atoms with Gasteiger partial charge >= 0.3 is 0 Å². The summed E-state index contributed by atoms with van der Waals surface area (Å²) >= 11 is 0. The summed E-state index contributed by atoms with van der Waals surface area (Å²) in [6, 6.07) is 26.5. The van der Waals surface area contributed by atoms with Crippen LogP contribution in [0.1, 0.15) is 53.6 Å². The summed E-state index contributed by atoms with van der Waals surface area (Å²) in [5, 5.41) is 17.7. The summed E-state index contributed by atoms with van der Waals surface area (Å²) < 4.78 is 21.1. The summed E-state index contributed by atoms with van der Waals surface area (Å²) in [5.74, 6) is 1.58. The second-order valence-electron chi connectivity index (χ2n) is 14.5. The highest BCUT2D eigenvalue weighted by molar-refractivity contribution is 5.95. The minimum absolute atomic E-state index is 0.0316. The van der Waals surface area contributed by atoms with Gasteiger partial charge < -0.3 is 35.1 Å². The van der Waals surface area contributed by atoms with Gasteiger partial charge in [0.2, 0.25) is 17.7 Å². The first-order valence-electron chi connectivity index (χ1n) is 19.5. The Morgan fingerprint density at radius 3 is 1.67 bits per heavy atom. The van der Waals surface area contributed by atoms with E-state index in [0.29, 0.717) is 75.4 Å². The van der Waals surface area contributed by atoms with Gasteiger partial charge in [0, 0.05) is 91.4 Å². The number of rotatable bonds is 6. The Kier molecular flexibility index (Phi) is 11.4. The van der Waals surface area contributed by atoms with Crippen LogP contribution in [0.3, 0.4) is 0 Å². The topological polar surface area (TPSA) is 184 Å². The second-order valence-corrected chi connectivity index (χ2v) is 14.5. The first-order chi connectivity index (χ1) is 29.0. The number of nitrogens with one attached hydrogen (secondary N) is 3. The third-order valence-electron chi connectivity index (χ3n) is 9.98. The fraction of sp³-hybridized carbons (Fsp3) is 0.250. The SMILES string of the molecule is CC(=O)Nc1ccc2c(c1)OCc1cc(-c3ccc(C(=O)N4CCOCC4)cc3)nn1C2.CC(=O)Nc1ccc2c(c1)OCc1cc(-c3ccnc(NC(C)=O)c3)nn1C2. The normalized spacial score (nSPS) is 13.8. The molecule has 6 heterocycles. The Balaban J connectivity index is 0.000000168. The number of morpholine rings is 1. The lowest BCUT2D eigenvalue weighted by atomic mass is 10.1. The van der Waals surface area contributed by atoms with Crippen LogP contribution in [0.5, 0.6) is 11.5 Å². The van der Waals surface area contributed by atoms with Gasteiger partial charge in [0.1, 0.15) is 30.5 Å². The number of nitrogens with zero attached hydrogens (tertiary/aromatic N) is 6. The van der Waals surface area contributed by atoms with Crippen LogP contribution in [0.25, 0.3) is 22.5 Å². The maximum absolute atomic E-state index is 12.7. The van der Waals surface area contributed by atoms with Gasteiger partial charge in [-0.05, 0) is 48.5 Å². The fourth-order valence-electron chi connectivity index (χ4n) is 7.10. The van der Waals surface area contributed by atoms with Crippen molar-refractivity contribution in [2.75, 3.05) is 42.3 Å². The molecule has 0 radical (unpaired) electrons. The molecule has 60 heavy (non-hydrogen) atoms. The van der Waals surface area contributed by atoms with E-state index in [1.54, 1.807) is 12.3 Å². The molecule has 9 rings (SSSR count). The monoisotopic (exact) mass is 809 g/mol. The molecule has 0 spiro atoms. The van der Waals surface area contributed by atoms with Crippen LogP contribution in [0, 0.1) is 0 Å². The number of benzene rings is 3. The lowest BCUT2D eigenvalue weighted by Gasteiger charge is -2.26. The minimum atomic E-state index is -0.172. The van der Waals surface area contributed by atoms with Crippen molar-refractivity contribution in [2.24, 2.45) is 0 Å². The number of anilines is 3. The van der Waals surface area contributed by atoms with Crippen LogP contribution in [-0.2, 0) is 45.4 Å². The molecule has 3 aliphatic heterocycles. The molecule has 3 aliphatic rings. The van der Waals surface area contributed by atoms with Gasteiger partial charge in [-0.2, -0.15) is 10.2 Å². The molecular weight excluding hydrogens is 767 g/mol. The van der Waals surface area contributed by atoms with Crippen LogP contribution in [0.2, 0.25) is 0 Å². The van der Waals surface area contributed by atoms with E-state index in [4.69, 9.17) is 24.4 Å². The maximum Gasteiger partial charge on any atom is 0.254 e. The highest BCUT2D eigenvalue weighted by Crippen LogP contribution is 2.32. The van der Waals surface area contributed by atoms with Crippen LogP contribution < -0.4 is 25.4 Å². The predicted octanol–water partition coefficient (Wildman–Crippen LogP) is 5.72. The van der Waals surface area contributed by atoms with Crippen LogP contribution in [-0.4, -0.2) is 79.4 Å². The fourth-order valence-corrected chi connectivity index (χ4v) is 7.10. The zero-order valence-electron chi connectivity index (χ0n) is 33.4. The second kappa shape index (κ2) is 17.3. The zero-order chi connectivity index (χ0) is 41.8. The van der Waals surface area contributed by atoms with E-state index < -0.39 is 0 Å². The van der Waals surface area contributed by atoms with Crippen LogP contribution in [0.15, 0.2) is 91.1 Å². The average Bonchev–Trinajstić information content (AvgIpc) is 3.74. The van der Waals surface area contributed by atoms with Crippen molar-refractivity contribution in [1.29, 1.82) is 0 Å². The summed E-state index contributed by atoms with van der Waals surface area (Å²) in [7, 11) is 0. The van der Waals surface area contributed by atoms with E-state index >= 15 is 0 Å². The minimum Gasteiger partial charge on any atom is -0.487 e. The molecule has 0 aliphatic carbocycles. The van der Waals surface area contributed by atoms with E-state index in [1.807, 2.05) is 93.1 Å².